The number of halogens is 1. The molecule has 0 fully saturated rings. The van der Waals surface area contributed by atoms with Crippen LogP contribution in [0.2, 0.25) is 0 Å². The van der Waals surface area contributed by atoms with Gasteiger partial charge in [0.05, 0.1) is 12.8 Å². The predicted octanol–water partition coefficient (Wildman–Crippen LogP) is 2.82. The van der Waals surface area contributed by atoms with Gasteiger partial charge in [-0.2, -0.15) is 4.31 Å². The fraction of sp³-hybridized carbons (Fsp3) is 0.440. The summed E-state index contributed by atoms with van der Waals surface area (Å²) in [5.41, 5.74) is 1.49. The van der Waals surface area contributed by atoms with E-state index in [1.807, 2.05) is 30.3 Å². The Hall–Kier alpha value is -2.78. The lowest BCUT2D eigenvalue weighted by Crippen LogP contribution is -2.53. The number of sulfonamides is 1. The molecule has 2 amide bonds. The summed E-state index contributed by atoms with van der Waals surface area (Å²) in [6.07, 6.45) is 2.06. The van der Waals surface area contributed by atoms with Gasteiger partial charge in [0.25, 0.3) is 0 Å². The number of benzene rings is 2. The lowest BCUT2D eigenvalue weighted by Gasteiger charge is -2.32. The Kier molecular flexibility index (Phi) is 10.2. The molecule has 34 heavy (non-hydrogen) atoms. The zero-order valence-corrected chi connectivity index (χ0v) is 21.0. The molecule has 9 heteroatoms. The molecule has 1 atom stereocenters. The first-order valence-electron chi connectivity index (χ1n) is 11.2. The average molecular weight is 492 g/mol. The van der Waals surface area contributed by atoms with E-state index in [0.29, 0.717) is 18.0 Å². The first-order chi connectivity index (χ1) is 16.0. The van der Waals surface area contributed by atoms with Gasteiger partial charge in [-0.05, 0) is 35.6 Å². The summed E-state index contributed by atoms with van der Waals surface area (Å²) < 4.78 is 38.2. The third kappa shape index (κ3) is 8.87. The zero-order chi connectivity index (χ0) is 25.3. The Labute approximate surface area is 202 Å². The molecule has 0 radical (unpaired) electrons. The van der Waals surface area contributed by atoms with Crippen molar-refractivity contribution in [2.75, 3.05) is 26.4 Å². The third-order valence-electron chi connectivity index (χ3n) is 5.48. The number of hydrogen-bond acceptors (Lipinski definition) is 4. The van der Waals surface area contributed by atoms with Gasteiger partial charge in [0, 0.05) is 26.6 Å². The Morgan fingerprint density at radius 2 is 1.62 bits per heavy atom. The smallest absolute Gasteiger partial charge is 0.243 e. The molecule has 1 N–H and O–H groups in total. The molecule has 0 saturated heterocycles. The van der Waals surface area contributed by atoms with Gasteiger partial charge in [0.1, 0.15) is 11.9 Å². The maximum atomic E-state index is 13.4. The van der Waals surface area contributed by atoms with Crippen LogP contribution in [0.3, 0.4) is 0 Å². The molecule has 2 rings (SSSR count). The third-order valence-corrected chi connectivity index (χ3v) is 6.74. The van der Waals surface area contributed by atoms with Crippen molar-refractivity contribution in [2.24, 2.45) is 5.92 Å². The number of hydrogen-bond donors (Lipinski definition) is 1. The van der Waals surface area contributed by atoms with Crippen LogP contribution in [0.15, 0.2) is 54.6 Å². The molecule has 0 spiro atoms. The second-order valence-corrected chi connectivity index (χ2v) is 10.9. The van der Waals surface area contributed by atoms with Crippen molar-refractivity contribution in [3.05, 3.63) is 71.5 Å². The van der Waals surface area contributed by atoms with Crippen LogP contribution in [0.25, 0.3) is 0 Å². The largest absolute Gasteiger partial charge is 0.354 e. The molecule has 0 aliphatic rings. The summed E-state index contributed by atoms with van der Waals surface area (Å²) in [4.78, 5) is 28.0. The number of nitrogens with zero attached hydrogens (tertiary/aromatic N) is 2. The van der Waals surface area contributed by atoms with Gasteiger partial charge in [-0.3, -0.25) is 9.59 Å². The van der Waals surface area contributed by atoms with Gasteiger partial charge in [0.2, 0.25) is 21.8 Å². The number of amides is 2. The number of rotatable bonds is 12. The van der Waals surface area contributed by atoms with E-state index in [9.17, 15) is 22.4 Å². The summed E-state index contributed by atoms with van der Waals surface area (Å²) in [5.74, 6) is -0.849. The Morgan fingerprint density at radius 1 is 1.00 bits per heavy atom. The minimum atomic E-state index is -3.60. The topological polar surface area (TPSA) is 86.8 Å². The summed E-state index contributed by atoms with van der Waals surface area (Å²) in [6.45, 7) is 4.19. The highest BCUT2D eigenvalue weighted by molar-refractivity contribution is 7.88. The first kappa shape index (κ1) is 27.5. The molecule has 0 heterocycles. The highest BCUT2D eigenvalue weighted by atomic mass is 32.2. The Morgan fingerprint density at radius 3 is 2.18 bits per heavy atom. The number of nitrogens with one attached hydrogen (secondary N) is 1. The maximum absolute atomic E-state index is 13.4. The van der Waals surface area contributed by atoms with Crippen molar-refractivity contribution >= 4 is 21.8 Å². The second kappa shape index (κ2) is 12.6. The Bertz CT molecular complexity index is 1040. The lowest BCUT2D eigenvalue weighted by molar-refractivity contribution is -0.141. The number of carbonyl (C=O) groups excluding carboxylic acids is 2. The van der Waals surface area contributed by atoms with E-state index in [1.165, 1.54) is 24.1 Å². The SMILES string of the molecule is CC(C)CCNC(=O)[C@H](Cc1ccccc1)N(Cc1ccc(F)cc1)C(=O)CN(C)S(C)(=O)=O. The average Bonchev–Trinajstić information content (AvgIpc) is 2.77. The summed E-state index contributed by atoms with van der Waals surface area (Å²) in [5, 5.41) is 2.92. The van der Waals surface area contributed by atoms with Crippen LogP contribution in [0.5, 0.6) is 0 Å². The van der Waals surface area contributed by atoms with Gasteiger partial charge in [-0.25, -0.2) is 12.8 Å². The van der Waals surface area contributed by atoms with Crippen LogP contribution in [0.4, 0.5) is 4.39 Å². The Balaban J connectivity index is 2.40. The quantitative estimate of drug-likeness (QED) is 0.495. The highest BCUT2D eigenvalue weighted by Crippen LogP contribution is 2.16. The molecule has 2 aromatic carbocycles. The van der Waals surface area contributed by atoms with Crippen molar-refractivity contribution in [2.45, 2.75) is 39.3 Å². The van der Waals surface area contributed by atoms with Crippen molar-refractivity contribution in [1.82, 2.24) is 14.5 Å². The fourth-order valence-electron chi connectivity index (χ4n) is 3.34. The van der Waals surface area contributed by atoms with Gasteiger partial charge in [-0.15, -0.1) is 0 Å². The minimum absolute atomic E-state index is 0.0335. The van der Waals surface area contributed by atoms with Crippen LogP contribution < -0.4 is 5.32 Å². The molecule has 0 bridgehead atoms. The lowest BCUT2D eigenvalue weighted by atomic mass is 10.0. The van der Waals surface area contributed by atoms with Crippen LogP contribution in [0, 0.1) is 11.7 Å². The van der Waals surface area contributed by atoms with E-state index in [1.54, 1.807) is 12.1 Å². The van der Waals surface area contributed by atoms with E-state index in [2.05, 4.69) is 19.2 Å². The number of likely N-dealkylation sites (N-methyl/N-ethyl adjacent to an activating group) is 1. The molecule has 0 aromatic heterocycles. The molecular formula is C25H34FN3O4S. The molecule has 0 aliphatic heterocycles. The monoisotopic (exact) mass is 491 g/mol. The first-order valence-corrected chi connectivity index (χ1v) is 13.1. The van der Waals surface area contributed by atoms with Crippen LogP contribution in [-0.4, -0.2) is 61.9 Å². The van der Waals surface area contributed by atoms with E-state index in [-0.39, 0.29) is 18.9 Å². The van der Waals surface area contributed by atoms with Gasteiger partial charge in [-0.1, -0.05) is 56.3 Å². The normalized spacial score (nSPS) is 12.6. The van der Waals surface area contributed by atoms with E-state index < -0.39 is 34.3 Å². The van der Waals surface area contributed by atoms with E-state index in [0.717, 1.165) is 22.5 Å². The van der Waals surface area contributed by atoms with Crippen LogP contribution in [0.1, 0.15) is 31.4 Å². The maximum Gasteiger partial charge on any atom is 0.243 e. The van der Waals surface area contributed by atoms with Crippen molar-refractivity contribution in [1.29, 1.82) is 0 Å². The molecule has 0 aliphatic carbocycles. The molecule has 186 valence electrons. The molecule has 0 unspecified atom stereocenters. The minimum Gasteiger partial charge on any atom is -0.354 e. The van der Waals surface area contributed by atoms with Gasteiger partial charge in [0.15, 0.2) is 0 Å². The highest BCUT2D eigenvalue weighted by Gasteiger charge is 2.31. The summed E-state index contributed by atoms with van der Waals surface area (Å²) in [7, 11) is -2.29. The molecule has 7 nitrogen and oxygen atoms in total. The second-order valence-electron chi connectivity index (χ2n) is 8.85. The summed E-state index contributed by atoms with van der Waals surface area (Å²) >= 11 is 0. The van der Waals surface area contributed by atoms with Gasteiger partial charge >= 0.3 is 0 Å². The van der Waals surface area contributed by atoms with E-state index >= 15 is 0 Å². The molecule has 2 aromatic rings. The molecular weight excluding hydrogens is 457 g/mol. The van der Waals surface area contributed by atoms with Crippen molar-refractivity contribution in [3.63, 3.8) is 0 Å². The zero-order valence-electron chi connectivity index (χ0n) is 20.2. The van der Waals surface area contributed by atoms with Crippen LogP contribution >= 0.6 is 0 Å². The van der Waals surface area contributed by atoms with Gasteiger partial charge < -0.3 is 10.2 Å². The van der Waals surface area contributed by atoms with Crippen molar-refractivity contribution < 1.29 is 22.4 Å². The predicted molar refractivity (Wildman–Crippen MR) is 131 cm³/mol. The molecule has 0 saturated carbocycles. The standard InChI is InChI=1S/C25H34FN3O4S/c1-19(2)14-15-27-25(31)23(16-20-8-6-5-7-9-20)29(17-21-10-12-22(26)13-11-21)24(30)18-28(3)34(4,32)33/h5-13,19,23H,14-18H2,1-4H3,(H,27,31)/t23-/m0/s1. The number of carbonyl (C=O) groups is 2. The summed E-state index contributed by atoms with van der Waals surface area (Å²) in [6, 6.07) is 14.1. The van der Waals surface area contributed by atoms with E-state index in [4.69, 9.17) is 0 Å². The van der Waals surface area contributed by atoms with Crippen LogP contribution in [-0.2, 0) is 32.6 Å². The fourth-order valence-corrected chi connectivity index (χ4v) is 3.69. The van der Waals surface area contributed by atoms with Crippen molar-refractivity contribution in [3.8, 4) is 0 Å².